The molecule has 0 aromatic carbocycles. The Labute approximate surface area is 98.7 Å². The van der Waals surface area contributed by atoms with E-state index in [0.717, 1.165) is 4.90 Å². The summed E-state index contributed by atoms with van der Waals surface area (Å²) < 4.78 is 0. The molecule has 0 unspecified atom stereocenters. The molecular weight excluding hydrogens is 224 g/mol. The number of carbonyl (C=O) groups excluding carboxylic acids is 3. The van der Waals surface area contributed by atoms with Crippen LogP contribution in [-0.4, -0.2) is 48.4 Å². The second kappa shape index (κ2) is 5.15. The molecule has 7 heteroatoms. The third-order valence-electron chi connectivity index (χ3n) is 2.16. The van der Waals surface area contributed by atoms with Crippen molar-refractivity contribution in [2.45, 2.75) is 0 Å². The van der Waals surface area contributed by atoms with Crippen LogP contribution in [0.15, 0.2) is 24.6 Å². The molecule has 2 heterocycles. The van der Waals surface area contributed by atoms with E-state index >= 15 is 0 Å². The monoisotopic (exact) mass is 238 g/mol. The van der Waals surface area contributed by atoms with E-state index in [-0.39, 0.29) is 24.5 Å². The van der Waals surface area contributed by atoms with Gasteiger partial charge >= 0.3 is 12.1 Å². The van der Waals surface area contributed by atoms with Crippen molar-refractivity contribution in [3.63, 3.8) is 0 Å². The highest BCUT2D eigenvalue weighted by Crippen LogP contribution is 1.98. The summed E-state index contributed by atoms with van der Waals surface area (Å²) in [5.41, 5.74) is 0.637. The number of nitrogens with one attached hydrogen (secondary N) is 2. The van der Waals surface area contributed by atoms with Gasteiger partial charge in [-0.25, -0.2) is 9.59 Å². The lowest BCUT2D eigenvalue weighted by Gasteiger charge is -2.17. The van der Waals surface area contributed by atoms with Crippen molar-refractivity contribution in [2.24, 2.45) is 0 Å². The van der Waals surface area contributed by atoms with Crippen LogP contribution in [0.25, 0.3) is 0 Å². The molecule has 92 valence electrons. The maximum absolute atomic E-state index is 10.7. The molecule has 0 saturated carbocycles. The minimum atomic E-state index is -0.310. The number of urea groups is 2. The fraction of sp³-hybridized carbons (Fsp3) is 0.300. The van der Waals surface area contributed by atoms with Gasteiger partial charge in [0.25, 0.3) is 0 Å². The molecular formula is C10H14N4O3. The lowest BCUT2D eigenvalue weighted by Crippen LogP contribution is -2.35. The van der Waals surface area contributed by atoms with E-state index in [9.17, 15) is 14.4 Å². The number of amides is 5. The molecule has 17 heavy (non-hydrogen) atoms. The molecule has 0 aliphatic carbocycles. The molecule has 1 fully saturated rings. The summed E-state index contributed by atoms with van der Waals surface area (Å²) in [5, 5.41) is 4.89. The standard InChI is InChI=1S/C6H8N2O.C4H6N2O2/c1-5-3-4-8(2)6(9)7-5;1-6-3(7)2-5-4(6)8/h3-4H,1H2,2H3,(H,7,9);2H2,1H3,(H,5,8). The molecule has 0 spiro atoms. The van der Waals surface area contributed by atoms with Crippen molar-refractivity contribution < 1.29 is 14.4 Å². The van der Waals surface area contributed by atoms with Crippen LogP contribution in [0, 0.1) is 0 Å². The Morgan fingerprint density at radius 1 is 1.24 bits per heavy atom. The van der Waals surface area contributed by atoms with Crippen molar-refractivity contribution in [3.8, 4) is 0 Å². The highest BCUT2D eigenvalue weighted by Gasteiger charge is 2.23. The van der Waals surface area contributed by atoms with Gasteiger partial charge in [-0.05, 0) is 6.08 Å². The Morgan fingerprint density at radius 3 is 2.18 bits per heavy atom. The second-order valence-corrected chi connectivity index (χ2v) is 3.49. The maximum Gasteiger partial charge on any atom is 0.325 e. The minimum Gasteiger partial charge on any atom is -0.329 e. The van der Waals surface area contributed by atoms with E-state index in [1.165, 1.54) is 11.9 Å². The Balaban J connectivity index is 0.000000171. The fourth-order valence-corrected chi connectivity index (χ4v) is 1.04. The highest BCUT2D eigenvalue weighted by molar-refractivity contribution is 6.01. The SMILES string of the molecule is C=C1C=CN(C)C(=O)N1.CN1C(=O)CNC1=O. The van der Waals surface area contributed by atoms with Crippen LogP contribution < -0.4 is 10.6 Å². The molecule has 2 N–H and O–H groups in total. The van der Waals surface area contributed by atoms with Gasteiger partial charge in [-0.15, -0.1) is 0 Å². The average molecular weight is 238 g/mol. The summed E-state index contributed by atoms with van der Waals surface area (Å²) in [7, 11) is 3.13. The molecule has 0 bridgehead atoms. The van der Waals surface area contributed by atoms with E-state index in [4.69, 9.17) is 0 Å². The number of carbonyl (C=O) groups is 3. The largest absolute Gasteiger partial charge is 0.329 e. The quantitative estimate of drug-likeness (QED) is 0.575. The third kappa shape index (κ3) is 3.33. The van der Waals surface area contributed by atoms with Crippen LogP contribution in [0.5, 0.6) is 0 Å². The zero-order valence-corrected chi connectivity index (χ0v) is 9.69. The van der Waals surface area contributed by atoms with Gasteiger partial charge in [0.15, 0.2) is 0 Å². The molecule has 2 aliphatic rings. The first-order valence-electron chi connectivity index (χ1n) is 4.87. The van der Waals surface area contributed by atoms with Gasteiger partial charge in [0.1, 0.15) is 0 Å². The van der Waals surface area contributed by atoms with Crippen LogP contribution >= 0.6 is 0 Å². The predicted octanol–water partition coefficient (Wildman–Crippen LogP) is -0.163. The van der Waals surface area contributed by atoms with Gasteiger partial charge in [0, 0.05) is 26.0 Å². The van der Waals surface area contributed by atoms with Crippen molar-refractivity contribution in [2.75, 3.05) is 20.6 Å². The van der Waals surface area contributed by atoms with E-state index in [0.29, 0.717) is 5.70 Å². The van der Waals surface area contributed by atoms with Crippen molar-refractivity contribution in [1.82, 2.24) is 20.4 Å². The number of nitrogens with zero attached hydrogens (tertiary/aromatic N) is 2. The maximum atomic E-state index is 10.7. The zero-order valence-electron chi connectivity index (χ0n) is 9.69. The summed E-state index contributed by atoms with van der Waals surface area (Å²) >= 11 is 0. The van der Waals surface area contributed by atoms with E-state index in [1.807, 2.05) is 0 Å². The predicted molar refractivity (Wildman–Crippen MR) is 60.7 cm³/mol. The average Bonchev–Trinajstić information content (AvgIpc) is 2.56. The Morgan fingerprint density at radius 2 is 1.88 bits per heavy atom. The molecule has 0 atom stereocenters. The lowest BCUT2D eigenvalue weighted by molar-refractivity contribution is -0.124. The van der Waals surface area contributed by atoms with Gasteiger partial charge in [-0.1, -0.05) is 6.58 Å². The zero-order chi connectivity index (χ0) is 13.0. The second-order valence-electron chi connectivity index (χ2n) is 3.49. The highest BCUT2D eigenvalue weighted by atomic mass is 16.2. The van der Waals surface area contributed by atoms with Crippen LogP contribution in [-0.2, 0) is 4.79 Å². The Kier molecular flexibility index (Phi) is 3.86. The summed E-state index contributed by atoms with van der Waals surface area (Å²) in [6.07, 6.45) is 3.41. The Hall–Kier alpha value is -2.31. The van der Waals surface area contributed by atoms with Crippen molar-refractivity contribution in [3.05, 3.63) is 24.6 Å². The van der Waals surface area contributed by atoms with Crippen molar-refractivity contribution in [1.29, 1.82) is 0 Å². The Bertz CT molecular complexity index is 386. The molecule has 2 rings (SSSR count). The van der Waals surface area contributed by atoms with Gasteiger partial charge in [-0.3, -0.25) is 9.69 Å². The van der Waals surface area contributed by atoms with E-state index in [2.05, 4.69) is 17.2 Å². The van der Waals surface area contributed by atoms with Gasteiger partial charge in [-0.2, -0.15) is 0 Å². The minimum absolute atomic E-state index is 0.137. The summed E-state index contributed by atoms with van der Waals surface area (Å²) in [5.74, 6) is -0.171. The van der Waals surface area contributed by atoms with Crippen LogP contribution in [0.4, 0.5) is 9.59 Å². The normalized spacial score (nSPS) is 18.7. The molecule has 7 nitrogen and oxygen atoms in total. The van der Waals surface area contributed by atoms with Gasteiger partial charge < -0.3 is 15.5 Å². The fourth-order valence-electron chi connectivity index (χ4n) is 1.04. The first kappa shape index (κ1) is 12.8. The van der Waals surface area contributed by atoms with Gasteiger partial charge in [0.2, 0.25) is 5.91 Å². The number of allylic oxidation sites excluding steroid dienone is 1. The topological polar surface area (TPSA) is 81.8 Å². The van der Waals surface area contributed by atoms with Crippen LogP contribution in [0.1, 0.15) is 0 Å². The number of hydrogen-bond acceptors (Lipinski definition) is 3. The molecule has 1 saturated heterocycles. The van der Waals surface area contributed by atoms with E-state index < -0.39 is 0 Å². The molecule has 0 aromatic rings. The van der Waals surface area contributed by atoms with Crippen LogP contribution in [0.3, 0.4) is 0 Å². The molecule has 0 aromatic heterocycles. The molecule has 2 aliphatic heterocycles. The lowest BCUT2D eigenvalue weighted by atomic mass is 10.4. The number of hydrogen-bond donors (Lipinski definition) is 2. The summed E-state index contributed by atoms with van der Waals surface area (Å²) in [4.78, 5) is 34.0. The summed E-state index contributed by atoms with van der Waals surface area (Å²) in [6, 6.07) is -0.447. The number of likely N-dealkylation sites (N-methyl/N-ethyl adjacent to an activating group) is 1. The van der Waals surface area contributed by atoms with Crippen LogP contribution in [0.2, 0.25) is 0 Å². The smallest absolute Gasteiger partial charge is 0.325 e. The third-order valence-corrected chi connectivity index (χ3v) is 2.16. The first-order chi connectivity index (χ1) is 7.91. The summed E-state index contributed by atoms with van der Waals surface area (Å²) in [6.45, 7) is 3.70. The number of imide groups is 1. The first-order valence-corrected chi connectivity index (χ1v) is 4.87. The molecule has 0 radical (unpaired) electrons. The number of rotatable bonds is 0. The molecule has 5 amide bonds. The van der Waals surface area contributed by atoms with Crippen molar-refractivity contribution >= 4 is 18.0 Å². The van der Waals surface area contributed by atoms with E-state index in [1.54, 1.807) is 19.3 Å². The van der Waals surface area contributed by atoms with Gasteiger partial charge in [0.05, 0.1) is 6.54 Å².